The maximum absolute atomic E-state index is 12.3. The minimum Gasteiger partial charge on any atom is -0.465 e. The Morgan fingerprint density at radius 1 is 1.30 bits per heavy atom. The highest BCUT2D eigenvalue weighted by molar-refractivity contribution is 6.07. The molecule has 1 spiro atoms. The van der Waals surface area contributed by atoms with E-state index in [2.05, 4.69) is 16.0 Å². The molecule has 5 amide bonds. The molecule has 3 rings (SSSR count). The molecule has 1 aliphatic heterocycles. The number of furan rings is 1. The predicted octanol–water partition coefficient (Wildman–Crippen LogP) is 0.390. The molecule has 0 bridgehead atoms. The first-order valence-electron chi connectivity index (χ1n) is 8.90. The standard InChI is InChI=1S/C18H22N4O5/c23-14(6-5-13-4-1-11-27-13)20-12-15(24)19-9-3-10-22-16(25)18(7-2-8-18)21-17(22)26/h1,4-6,11H,2-3,7-10,12H2,(H,19,24)(H,20,23)(H,21,26)/b6-5+. The average Bonchev–Trinajstić information content (AvgIpc) is 3.22. The molecule has 1 aromatic rings. The maximum Gasteiger partial charge on any atom is 0.325 e. The van der Waals surface area contributed by atoms with Crippen LogP contribution >= 0.6 is 0 Å². The summed E-state index contributed by atoms with van der Waals surface area (Å²) >= 11 is 0. The Kier molecular flexibility index (Phi) is 5.58. The van der Waals surface area contributed by atoms with Gasteiger partial charge in [-0.25, -0.2) is 4.79 Å². The molecule has 1 aromatic heterocycles. The fourth-order valence-electron chi connectivity index (χ4n) is 3.05. The summed E-state index contributed by atoms with van der Waals surface area (Å²) in [7, 11) is 0. The smallest absolute Gasteiger partial charge is 0.325 e. The van der Waals surface area contributed by atoms with Gasteiger partial charge in [0.15, 0.2) is 0 Å². The Hall–Kier alpha value is -3.10. The van der Waals surface area contributed by atoms with E-state index >= 15 is 0 Å². The lowest BCUT2D eigenvalue weighted by Crippen LogP contribution is -2.52. The van der Waals surface area contributed by atoms with Crippen molar-refractivity contribution in [2.75, 3.05) is 19.6 Å². The number of urea groups is 1. The number of nitrogens with one attached hydrogen (secondary N) is 3. The molecule has 0 atom stereocenters. The molecular weight excluding hydrogens is 352 g/mol. The molecule has 2 heterocycles. The molecule has 9 heteroatoms. The molecule has 0 radical (unpaired) electrons. The van der Waals surface area contributed by atoms with Gasteiger partial charge in [0.25, 0.3) is 5.91 Å². The Balaban J connectivity index is 1.30. The first-order chi connectivity index (χ1) is 13.0. The molecule has 0 aromatic carbocycles. The molecule has 1 saturated carbocycles. The number of nitrogens with zero attached hydrogens (tertiary/aromatic N) is 1. The zero-order valence-corrected chi connectivity index (χ0v) is 14.8. The topological polar surface area (TPSA) is 121 Å². The molecule has 9 nitrogen and oxygen atoms in total. The van der Waals surface area contributed by atoms with Crippen molar-refractivity contribution >= 4 is 29.8 Å². The highest BCUT2D eigenvalue weighted by Crippen LogP contribution is 2.37. The molecule has 1 saturated heterocycles. The van der Waals surface area contributed by atoms with Gasteiger partial charge in [-0.15, -0.1) is 0 Å². The van der Waals surface area contributed by atoms with E-state index in [1.807, 2.05) is 0 Å². The summed E-state index contributed by atoms with van der Waals surface area (Å²) in [5, 5.41) is 7.86. The van der Waals surface area contributed by atoms with Crippen molar-refractivity contribution in [2.24, 2.45) is 0 Å². The van der Waals surface area contributed by atoms with Gasteiger partial charge in [0.05, 0.1) is 12.8 Å². The number of imide groups is 1. The lowest BCUT2D eigenvalue weighted by molar-refractivity contribution is -0.134. The van der Waals surface area contributed by atoms with Gasteiger partial charge < -0.3 is 20.4 Å². The van der Waals surface area contributed by atoms with Crippen molar-refractivity contribution in [3.63, 3.8) is 0 Å². The largest absolute Gasteiger partial charge is 0.465 e. The van der Waals surface area contributed by atoms with E-state index in [0.717, 1.165) is 6.42 Å². The van der Waals surface area contributed by atoms with Crippen LogP contribution in [0.15, 0.2) is 28.9 Å². The van der Waals surface area contributed by atoms with Crippen LogP contribution < -0.4 is 16.0 Å². The highest BCUT2D eigenvalue weighted by Gasteiger charge is 2.54. The zero-order chi connectivity index (χ0) is 19.3. The number of rotatable bonds is 8. The van der Waals surface area contributed by atoms with E-state index in [1.165, 1.54) is 23.3 Å². The summed E-state index contributed by atoms with van der Waals surface area (Å²) in [6.45, 7) is 0.402. The Labute approximate surface area is 156 Å². The van der Waals surface area contributed by atoms with Crippen molar-refractivity contribution < 1.29 is 23.6 Å². The Morgan fingerprint density at radius 2 is 2.11 bits per heavy atom. The molecular formula is C18H22N4O5. The summed E-state index contributed by atoms with van der Waals surface area (Å²) in [4.78, 5) is 48.7. The van der Waals surface area contributed by atoms with E-state index in [1.54, 1.807) is 12.1 Å². The molecule has 144 valence electrons. The average molecular weight is 374 g/mol. The monoisotopic (exact) mass is 374 g/mol. The SMILES string of the molecule is O=C(/C=C/c1ccco1)NCC(=O)NCCCN1C(=O)NC2(CCC2)C1=O. The van der Waals surface area contributed by atoms with E-state index < -0.39 is 11.4 Å². The number of carbonyl (C=O) groups is 4. The molecule has 2 fully saturated rings. The maximum atomic E-state index is 12.3. The second kappa shape index (κ2) is 8.07. The first-order valence-corrected chi connectivity index (χ1v) is 8.90. The lowest BCUT2D eigenvalue weighted by Gasteiger charge is -2.34. The minimum atomic E-state index is -0.673. The predicted molar refractivity (Wildman–Crippen MR) is 95.2 cm³/mol. The third-order valence-corrected chi connectivity index (χ3v) is 4.70. The van der Waals surface area contributed by atoms with Crippen LogP contribution in [0.1, 0.15) is 31.4 Å². The van der Waals surface area contributed by atoms with E-state index in [4.69, 9.17) is 4.42 Å². The second-order valence-electron chi connectivity index (χ2n) is 6.59. The third-order valence-electron chi connectivity index (χ3n) is 4.70. The van der Waals surface area contributed by atoms with Gasteiger partial charge in [0.2, 0.25) is 11.8 Å². The Morgan fingerprint density at radius 3 is 2.74 bits per heavy atom. The van der Waals surface area contributed by atoms with Crippen molar-refractivity contribution in [1.82, 2.24) is 20.9 Å². The Bertz CT molecular complexity index is 752. The fourth-order valence-corrected chi connectivity index (χ4v) is 3.05. The zero-order valence-electron chi connectivity index (χ0n) is 14.8. The van der Waals surface area contributed by atoms with Crippen molar-refractivity contribution in [1.29, 1.82) is 0 Å². The van der Waals surface area contributed by atoms with Crippen LogP contribution in [-0.4, -0.2) is 53.8 Å². The fraction of sp³-hybridized carbons (Fsp3) is 0.444. The van der Waals surface area contributed by atoms with Crippen LogP contribution in [-0.2, 0) is 14.4 Å². The number of carbonyl (C=O) groups excluding carboxylic acids is 4. The van der Waals surface area contributed by atoms with Crippen LogP contribution in [0.4, 0.5) is 4.79 Å². The number of amides is 5. The van der Waals surface area contributed by atoms with Gasteiger partial charge in [-0.3, -0.25) is 19.3 Å². The van der Waals surface area contributed by atoms with Crippen LogP contribution in [0.3, 0.4) is 0 Å². The summed E-state index contributed by atoms with van der Waals surface area (Å²) in [6.07, 6.45) is 7.06. The van der Waals surface area contributed by atoms with Crippen molar-refractivity contribution in [3.05, 3.63) is 30.2 Å². The van der Waals surface area contributed by atoms with Crippen LogP contribution in [0.5, 0.6) is 0 Å². The van der Waals surface area contributed by atoms with Crippen LogP contribution in [0.2, 0.25) is 0 Å². The van der Waals surface area contributed by atoms with Gasteiger partial charge >= 0.3 is 6.03 Å². The molecule has 27 heavy (non-hydrogen) atoms. The molecule has 3 N–H and O–H groups in total. The quantitative estimate of drug-likeness (QED) is 0.345. The van der Waals surface area contributed by atoms with Gasteiger partial charge in [0.1, 0.15) is 11.3 Å². The minimum absolute atomic E-state index is 0.159. The van der Waals surface area contributed by atoms with Gasteiger partial charge in [-0.05, 0) is 43.9 Å². The van der Waals surface area contributed by atoms with E-state index in [0.29, 0.717) is 31.6 Å². The second-order valence-corrected chi connectivity index (χ2v) is 6.59. The summed E-state index contributed by atoms with van der Waals surface area (Å²) < 4.78 is 5.05. The first kappa shape index (κ1) is 18.7. The van der Waals surface area contributed by atoms with E-state index in [9.17, 15) is 19.2 Å². The van der Waals surface area contributed by atoms with Crippen LogP contribution in [0.25, 0.3) is 6.08 Å². The van der Waals surface area contributed by atoms with Gasteiger partial charge in [0, 0.05) is 19.2 Å². The molecule has 2 aliphatic rings. The van der Waals surface area contributed by atoms with Gasteiger partial charge in [-0.2, -0.15) is 0 Å². The van der Waals surface area contributed by atoms with Gasteiger partial charge in [-0.1, -0.05) is 0 Å². The molecule has 0 unspecified atom stereocenters. The normalized spacial score (nSPS) is 17.9. The molecule has 1 aliphatic carbocycles. The third kappa shape index (κ3) is 4.36. The number of hydrogen-bond donors (Lipinski definition) is 3. The van der Waals surface area contributed by atoms with E-state index in [-0.39, 0.29) is 30.9 Å². The van der Waals surface area contributed by atoms with Crippen molar-refractivity contribution in [2.45, 2.75) is 31.2 Å². The lowest BCUT2D eigenvalue weighted by atomic mass is 9.77. The van der Waals surface area contributed by atoms with Crippen LogP contribution in [0, 0.1) is 0 Å². The van der Waals surface area contributed by atoms with Crippen molar-refractivity contribution in [3.8, 4) is 0 Å². The summed E-state index contributed by atoms with van der Waals surface area (Å²) in [5.41, 5.74) is -0.673. The highest BCUT2D eigenvalue weighted by atomic mass is 16.3. The number of hydrogen-bond acceptors (Lipinski definition) is 5. The summed E-state index contributed by atoms with van der Waals surface area (Å²) in [5.74, 6) is -0.381. The summed E-state index contributed by atoms with van der Waals surface area (Å²) in [6, 6.07) is 3.05.